The van der Waals surface area contributed by atoms with Crippen LogP contribution in [-0.2, 0) is 9.59 Å². The van der Waals surface area contributed by atoms with E-state index in [1.165, 1.54) is 0 Å². The molecular formula is C17H24N2O3. The molecule has 0 bridgehead atoms. The molecule has 2 rings (SSSR count). The van der Waals surface area contributed by atoms with Gasteiger partial charge in [-0.05, 0) is 37.6 Å². The van der Waals surface area contributed by atoms with Crippen LogP contribution in [0.2, 0.25) is 0 Å². The summed E-state index contributed by atoms with van der Waals surface area (Å²) in [5.41, 5.74) is 0.846. The second-order valence-electron chi connectivity index (χ2n) is 5.50. The van der Waals surface area contributed by atoms with Gasteiger partial charge in [-0.25, -0.2) is 0 Å². The van der Waals surface area contributed by atoms with Gasteiger partial charge in [0, 0.05) is 25.1 Å². The topological polar surface area (TPSA) is 58.6 Å². The molecule has 0 spiro atoms. The number of nitrogens with zero attached hydrogens (tertiary/aromatic N) is 1. The van der Waals surface area contributed by atoms with Crippen LogP contribution in [0.15, 0.2) is 24.3 Å². The Morgan fingerprint density at radius 2 is 2.05 bits per heavy atom. The molecule has 1 atom stereocenters. The van der Waals surface area contributed by atoms with Crippen LogP contribution in [0.25, 0.3) is 0 Å². The van der Waals surface area contributed by atoms with Crippen LogP contribution in [0, 0.1) is 0 Å². The number of hydrogen-bond acceptors (Lipinski definition) is 3. The fraction of sp³-hybridized carbons (Fsp3) is 0.529. The van der Waals surface area contributed by atoms with Crippen molar-refractivity contribution in [3.63, 3.8) is 0 Å². The van der Waals surface area contributed by atoms with Crippen molar-refractivity contribution in [3.8, 4) is 5.75 Å². The second-order valence-corrected chi connectivity index (χ2v) is 5.50. The Labute approximate surface area is 131 Å². The first kappa shape index (κ1) is 16.3. The maximum Gasteiger partial charge on any atom is 0.229 e. The first-order valence-electron chi connectivity index (χ1n) is 7.96. The second kappa shape index (κ2) is 7.82. The van der Waals surface area contributed by atoms with Gasteiger partial charge in [0.1, 0.15) is 5.75 Å². The first-order valence-corrected chi connectivity index (χ1v) is 7.96. The maximum atomic E-state index is 12.1. The van der Waals surface area contributed by atoms with Gasteiger partial charge in [-0.1, -0.05) is 13.3 Å². The molecule has 1 fully saturated rings. The van der Waals surface area contributed by atoms with E-state index < -0.39 is 0 Å². The van der Waals surface area contributed by atoms with E-state index in [2.05, 4.69) is 12.2 Å². The van der Waals surface area contributed by atoms with Gasteiger partial charge < -0.3 is 15.0 Å². The number of nitrogens with one attached hydrogen (secondary N) is 1. The summed E-state index contributed by atoms with van der Waals surface area (Å²) in [6.45, 7) is 5.14. The van der Waals surface area contributed by atoms with Gasteiger partial charge in [-0.3, -0.25) is 9.59 Å². The average Bonchev–Trinajstić information content (AvgIpc) is 2.87. The predicted molar refractivity (Wildman–Crippen MR) is 86.0 cm³/mol. The minimum atomic E-state index is -0.0941. The molecule has 0 aliphatic carbocycles. The molecule has 1 heterocycles. The molecule has 0 radical (unpaired) electrons. The number of benzene rings is 1. The molecule has 22 heavy (non-hydrogen) atoms. The Balaban J connectivity index is 1.93. The molecular weight excluding hydrogens is 280 g/mol. The van der Waals surface area contributed by atoms with Crippen LogP contribution in [0.4, 0.5) is 5.69 Å². The van der Waals surface area contributed by atoms with Crippen LogP contribution in [-0.4, -0.2) is 31.0 Å². The Kier molecular flexibility index (Phi) is 5.81. The molecule has 5 nitrogen and oxygen atoms in total. The summed E-state index contributed by atoms with van der Waals surface area (Å²) in [7, 11) is 0. The normalized spacial score (nSPS) is 17.6. The number of ether oxygens (including phenoxy) is 1. The van der Waals surface area contributed by atoms with E-state index in [0.29, 0.717) is 26.0 Å². The molecule has 1 aromatic rings. The molecule has 0 unspecified atom stereocenters. The highest BCUT2D eigenvalue weighted by Gasteiger charge is 2.31. The van der Waals surface area contributed by atoms with Crippen molar-refractivity contribution in [1.82, 2.24) is 5.32 Å². The van der Waals surface area contributed by atoms with Crippen LogP contribution in [0.3, 0.4) is 0 Å². The standard InChI is InChI=1S/C17H24N2O3/c1-3-5-6-16(20)18-13-11-17(21)19(12-13)14-7-9-15(10-8-14)22-4-2/h7-10,13H,3-6,11-12H2,1-2H3,(H,18,20)/t13-/m1/s1. The van der Waals surface area contributed by atoms with Gasteiger partial charge >= 0.3 is 0 Å². The molecule has 1 aromatic carbocycles. The van der Waals surface area contributed by atoms with Gasteiger partial charge in [0.15, 0.2) is 0 Å². The summed E-state index contributed by atoms with van der Waals surface area (Å²) >= 11 is 0. The molecule has 120 valence electrons. The fourth-order valence-electron chi connectivity index (χ4n) is 2.58. The predicted octanol–water partition coefficient (Wildman–Crippen LogP) is 2.50. The zero-order chi connectivity index (χ0) is 15.9. The van der Waals surface area contributed by atoms with Gasteiger partial charge in [0.05, 0.1) is 12.6 Å². The highest BCUT2D eigenvalue weighted by atomic mass is 16.5. The SMILES string of the molecule is CCCCC(=O)N[C@@H]1CC(=O)N(c2ccc(OCC)cc2)C1. The van der Waals surface area contributed by atoms with Crippen LogP contribution >= 0.6 is 0 Å². The lowest BCUT2D eigenvalue weighted by Gasteiger charge is -2.17. The zero-order valence-corrected chi connectivity index (χ0v) is 13.3. The van der Waals surface area contributed by atoms with E-state index in [1.54, 1.807) is 4.90 Å². The lowest BCUT2D eigenvalue weighted by Crippen LogP contribution is -2.37. The minimum Gasteiger partial charge on any atom is -0.494 e. The smallest absolute Gasteiger partial charge is 0.229 e. The molecule has 0 saturated carbocycles. The summed E-state index contributed by atoms with van der Waals surface area (Å²) < 4.78 is 5.40. The van der Waals surface area contributed by atoms with Crippen molar-refractivity contribution in [2.24, 2.45) is 0 Å². The highest BCUT2D eigenvalue weighted by Crippen LogP contribution is 2.24. The van der Waals surface area contributed by atoms with Crippen LogP contribution in [0.5, 0.6) is 5.75 Å². The minimum absolute atomic E-state index is 0.0354. The molecule has 1 aliphatic heterocycles. The Morgan fingerprint density at radius 3 is 2.68 bits per heavy atom. The summed E-state index contributed by atoms with van der Waals surface area (Å²) in [5, 5.41) is 2.95. The van der Waals surface area contributed by atoms with Gasteiger partial charge in [-0.2, -0.15) is 0 Å². The summed E-state index contributed by atoms with van der Waals surface area (Å²) in [6, 6.07) is 7.39. The van der Waals surface area contributed by atoms with Crippen molar-refractivity contribution < 1.29 is 14.3 Å². The van der Waals surface area contributed by atoms with Crippen molar-refractivity contribution in [1.29, 1.82) is 0 Å². The Bertz CT molecular complexity index is 513. The third-order valence-corrected chi connectivity index (χ3v) is 3.71. The number of unbranched alkanes of at least 4 members (excludes halogenated alkanes) is 1. The van der Waals surface area contributed by atoms with E-state index in [0.717, 1.165) is 24.3 Å². The summed E-state index contributed by atoms with van der Waals surface area (Å²) in [4.78, 5) is 25.6. The number of anilines is 1. The fourth-order valence-corrected chi connectivity index (χ4v) is 2.58. The van der Waals surface area contributed by atoms with Gasteiger partial charge in [0.25, 0.3) is 0 Å². The maximum absolute atomic E-state index is 12.1. The molecule has 1 N–H and O–H groups in total. The number of carbonyl (C=O) groups is 2. The van der Waals surface area contributed by atoms with Crippen molar-refractivity contribution in [2.75, 3.05) is 18.1 Å². The largest absolute Gasteiger partial charge is 0.494 e. The van der Waals surface area contributed by atoms with Crippen molar-refractivity contribution in [3.05, 3.63) is 24.3 Å². The average molecular weight is 304 g/mol. The quantitative estimate of drug-likeness (QED) is 0.842. The van der Waals surface area contributed by atoms with Crippen LogP contribution < -0.4 is 15.0 Å². The summed E-state index contributed by atoms with van der Waals surface area (Å²) in [5.74, 6) is 0.875. The monoisotopic (exact) mass is 304 g/mol. The third-order valence-electron chi connectivity index (χ3n) is 3.71. The number of rotatable bonds is 7. The summed E-state index contributed by atoms with van der Waals surface area (Å²) in [6.07, 6.45) is 2.78. The van der Waals surface area contributed by atoms with Gasteiger partial charge in [-0.15, -0.1) is 0 Å². The Hall–Kier alpha value is -2.04. The molecule has 5 heteroatoms. The van der Waals surface area contributed by atoms with Crippen LogP contribution in [0.1, 0.15) is 39.5 Å². The van der Waals surface area contributed by atoms with Crippen molar-refractivity contribution in [2.45, 2.75) is 45.6 Å². The molecule has 0 aromatic heterocycles. The van der Waals surface area contributed by atoms with E-state index >= 15 is 0 Å². The Morgan fingerprint density at radius 1 is 1.32 bits per heavy atom. The van der Waals surface area contributed by atoms with Crippen molar-refractivity contribution >= 4 is 17.5 Å². The van der Waals surface area contributed by atoms with E-state index in [1.807, 2.05) is 31.2 Å². The number of carbonyl (C=O) groups excluding carboxylic acids is 2. The lowest BCUT2D eigenvalue weighted by atomic mass is 10.2. The van der Waals surface area contributed by atoms with Gasteiger partial charge in [0.2, 0.25) is 11.8 Å². The molecule has 2 amide bonds. The number of hydrogen-bond donors (Lipinski definition) is 1. The van der Waals surface area contributed by atoms with E-state index in [-0.39, 0.29) is 17.9 Å². The zero-order valence-electron chi connectivity index (χ0n) is 13.3. The van der Waals surface area contributed by atoms with E-state index in [9.17, 15) is 9.59 Å². The number of amides is 2. The highest BCUT2D eigenvalue weighted by molar-refractivity contribution is 5.96. The van der Waals surface area contributed by atoms with E-state index in [4.69, 9.17) is 4.74 Å². The lowest BCUT2D eigenvalue weighted by molar-refractivity contribution is -0.121. The first-order chi connectivity index (χ1) is 10.6. The molecule has 1 aliphatic rings. The third kappa shape index (κ3) is 4.23. The molecule has 1 saturated heterocycles.